The van der Waals surface area contributed by atoms with E-state index in [0.29, 0.717) is 5.56 Å². The van der Waals surface area contributed by atoms with Crippen LogP contribution in [0.5, 0.6) is 0 Å². The van der Waals surface area contributed by atoms with Gasteiger partial charge in [-0.3, -0.25) is 0 Å². The number of fused-ring (bicyclic) bond motifs is 1. The van der Waals surface area contributed by atoms with Gasteiger partial charge in [0.2, 0.25) is 0 Å². The molecule has 19 heavy (non-hydrogen) atoms. The summed E-state index contributed by atoms with van der Waals surface area (Å²) in [7, 11) is 0. The maximum atomic E-state index is 13.9. The number of benzene rings is 2. The van der Waals surface area contributed by atoms with Crippen molar-refractivity contribution in [3.63, 3.8) is 0 Å². The van der Waals surface area contributed by atoms with E-state index < -0.39 is 5.38 Å². The highest BCUT2D eigenvalue weighted by Gasteiger charge is 2.18. The molecular formula is C15H9BrClFS. The van der Waals surface area contributed by atoms with Gasteiger partial charge in [-0.1, -0.05) is 34.1 Å². The quantitative estimate of drug-likeness (QED) is 0.485. The summed E-state index contributed by atoms with van der Waals surface area (Å²) in [6.07, 6.45) is 0. The third kappa shape index (κ3) is 2.55. The van der Waals surface area contributed by atoms with Crippen LogP contribution in [-0.2, 0) is 0 Å². The summed E-state index contributed by atoms with van der Waals surface area (Å²) in [5, 5.41) is 0.679. The normalized spacial score (nSPS) is 12.8. The van der Waals surface area contributed by atoms with Gasteiger partial charge in [0.25, 0.3) is 0 Å². The summed E-state index contributed by atoms with van der Waals surface area (Å²) in [6.45, 7) is 0. The van der Waals surface area contributed by atoms with Crippen molar-refractivity contribution in [3.8, 4) is 0 Å². The van der Waals surface area contributed by atoms with Crippen LogP contribution >= 0.6 is 38.9 Å². The first-order chi connectivity index (χ1) is 9.15. The van der Waals surface area contributed by atoms with Gasteiger partial charge >= 0.3 is 0 Å². The smallest absolute Gasteiger partial charge is 0.128 e. The lowest BCUT2D eigenvalue weighted by Crippen LogP contribution is -1.94. The molecule has 1 atom stereocenters. The molecule has 0 amide bonds. The Kier molecular flexibility index (Phi) is 3.61. The van der Waals surface area contributed by atoms with Gasteiger partial charge in [-0.2, -0.15) is 0 Å². The lowest BCUT2D eigenvalue weighted by molar-refractivity contribution is 0.612. The Morgan fingerprint density at radius 3 is 2.68 bits per heavy atom. The lowest BCUT2D eigenvalue weighted by Gasteiger charge is -2.09. The van der Waals surface area contributed by atoms with Gasteiger partial charge in [-0.05, 0) is 35.7 Å². The number of alkyl halides is 1. The molecule has 0 saturated heterocycles. The van der Waals surface area contributed by atoms with E-state index in [1.807, 2.05) is 30.3 Å². The van der Waals surface area contributed by atoms with E-state index in [4.69, 9.17) is 11.6 Å². The lowest BCUT2D eigenvalue weighted by atomic mass is 10.1. The van der Waals surface area contributed by atoms with Crippen LogP contribution in [0.2, 0.25) is 0 Å². The Balaban J connectivity index is 2.07. The highest BCUT2D eigenvalue weighted by molar-refractivity contribution is 9.10. The van der Waals surface area contributed by atoms with Crippen LogP contribution in [0.25, 0.3) is 10.1 Å². The van der Waals surface area contributed by atoms with Crippen LogP contribution < -0.4 is 0 Å². The summed E-state index contributed by atoms with van der Waals surface area (Å²) in [5.74, 6) is -0.277. The Morgan fingerprint density at radius 2 is 1.89 bits per heavy atom. The number of thiophene rings is 1. The molecule has 3 aromatic rings. The van der Waals surface area contributed by atoms with Crippen molar-refractivity contribution in [3.05, 3.63) is 69.3 Å². The fraction of sp³-hybridized carbons (Fsp3) is 0.0667. The standard InChI is InChI=1S/C15H9BrClFS/c16-10-5-6-12(18)11(8-10)15(17)14-7-9-3-1-2-4-13(9)19-14/h1-8,15H. The zero-order valence-corrected chi connectivity index (χ0v) is 12.9. The van der Waals surface area contributed by atoms with Gasteiger partial charge < -0.3 is 0 Å². The molecule has 4 heteroatoms. The number of hydrogen-bond acceptors (Lipinski definition) is 1. The van der Waals surface area contributed by atoms with E-state index in [1.165, 1.54) is 10.8 Å². The molecule has 0 aliphatic rings. The molecule has 0 spiro atoms. The predicted molar refractivity (Wildman–Crippen MR) is 83.6 cm³/mol. The minimum Gasteiger partial charge on any atom is -0.207 e. The molecule has 0 nitrogen and oxygen atoms in total. The SMILES string of the molecule is Fc1ccc(Br)cc1C(Cl)c1cc2ccccc2s1. The first kappa shape index (κ1) is 13.1. The van der Waals surface area contributed by atoms with Crippen LogP contribution in [0.3, 0.4) is 0 Å². The monoisotopic (exact) mass is 354 g/mol. The zero-order valence-electron chi connectivity index (χ0n) is 9.74. The Hall–Kier alpha value is -0.900. The third-order valence-corrected chi connectivity index (χ3v) is 5.20. The molecule has 1 aromatic heterocycles. The average Bonchev–Trinajstić information content (AvgIpc) is 2.84. The maximum Gasteiger partial charge on any atom is 0.128 e. The second kappa shape index (κ2) is 5.23. The van der Waals surface area contributed by atoms with Crippen molar-refractivity contribution >= 4 is 49.0 Å². The maximum absolute atomic E-state index is 13.9. The van der Waals surface area contributed by atoms with Crippen LogP contribution in [0.15, 0.2) is 53.0 Å². The molecule has 3 rings (SSSR count). The van der Waals surface area contributed by atoms with Crippen molar-refractivity contribution in [2.75, 3.05) is 0 Å². The van der Waals surface area contributed by atoms with Crippen molar-refractivity contribution < 1.29 is 4.39 Å². The van der Waals surface area contributed by atoms with E-state index in [0.717, 1.165) is 14.7 Å². The van der Waals surface area contributed by atoms with E-state index in [-0.39, 0.29) is 5.82 Å². The molecule has 0 bridgehead atoms. The van der Waals surface area contributed by atoms with Crippen LogP contribution in [0.1, 0.15) is 15.8 Å². The highest BCUT2D eigenvalue weighted by atomic mass is 79.9. The first-order valence-electron chi connectivity index (χ1n) is 5.72. The molecule has 2 aromatic carbocycles. The molecule has 0 saturated carbocycles. The number of halogens is 3. The molecule has 0 N–H and O–H groups in total. The van der Waals surface area contributed by atoms with Gasteiger partial charge in [0.1, 0.15) is 5.82 Å². The third-order valence-electron chi connectivity index (χ3n) is 2.93. The topological polar surface area (TPSA) is 0 Å². The van der Waals surface area contributed by atoms with E-state index >= 15 is 0 Å². The summed E-state index contributed by atoms with van der Waals surface area (Å²) in [5.41, 5.74) is 0.502. The van der Waals surface area contributed by atoms with Gasteiger partial charge in [0, 0.05) is 19.6 Å². The minimum atomic E-state index is -0.463. The number of rotatable bonds is 2. The van der Waals surface area contributed by atoms with Crippen LogP contribution in [0, 0.1) is 5.82 Å². The molecule has 96 valence electrons. The average molecular weight is 356 g/mol. The summed E-state index contributed by atoms with van der Waals surface area (Å²) < 4.78 is 15.9. The van der Waals surface area contributed by atoms with Crippen LogP contribution in [0.4, 0.5) is 4.39 Å². The molecule has 0 aliphatic carbocycles. The number of hydrogen-bond donors (Lipinski definition) is 0. The summed E-state index contributed by atoms with van der Waals surface area (Å²) >= 11 is 11.4. The predicted octanol–water partition coefficient (Wildman–Crippen LogP) is 6.13. The minimum absolute atomic E-state index is 0.277. The van der Waals surface area contributed by atoms with Crippen LogP contribution in [-0.4, -0.2) is 0 Å². The van der Waals surface area contributed by atoms with Gasteiger partial charge in [0.05, 0.1) is 5.38 Å². The zero-order chi connectivity index (χ0) is 13.4. The van der Waals surface area contributed by atoms with E-state index in [2.05, 4.69) is 15.9 Å². The first-order valence-corrected chi connectivity index (χ1v) is 7.77. The van der Waals surface area contributed by atoms with Gasteiger partial charge in [-0.15, -0.1) is 22.9 Å². The summed E-state index contributed by atoms with van der Waals surface area (Å²) in [6, 6.07) is 14.9. The molecular weight excluding hydrogens is 347 g/mol. The van der Waals surface area contributed by atoms with Crippen molar-refractivity contribution in [2.45, 2.75) is 5.38 Å². The van der Waals surface area contributed by atoms with E-state index in [1.54, 1.807) is 23.5 Å². The Labute approximate surface area is 128 Å². The summed E-state index contributed by atoms with van der Waals surface area (Å²) in [4.78, 5) is 0.958. The van der Waals surface area contributed by atoms with Crippen molar-refractivity contribution in [1.29, 1.82) is 0 Å². The Morgan fingerprint density at radius 1 is 1.11 bits per heavy atom. The van der Waals surface area contributed by atoms with E-state index in [9.17, 15) is 4.39 Å². The van der Waals surface area contributed by atoms with Gasteiger partial charge in [-0.25, -0.2) is 4.39 Å². The largest absolute Gasteiger partial charge is 0.207 e. The fourth-order valence-electron chi connectivity index (χ4n) is 1.99. The van der Waals surface area contributed by atoms with Crippen molar-refractivity contribution in [2.24, 2.45) is 0 Å². The highest BCUT2D eigenvalue weighted by Crippen LogP contribution is 2.38. The fourth-order valence-corrected chi connectivity index (χ4v) is 3.79. The molecule has 0 fully saturated rings. The Bertz CT molecular complexity index is 705. The second-order valence-corrected chi connectivity index (χ2v) is 6.68. The molecule has 0 aliphatic heterocycles. The second-order valence-electron chi connectivity index (χ2n) is 4.21. The molecule has 0 radical (unpaired) electrons. The molecule has 1 unspecified atom stereocenters. The van der Waals surface area contributed by atoms with Crippen molar-refractivity contribution in [1.82, 2.24) is 0 Å². The van der Waals surface area contributed by atoms with Gasteiger partial charge in [0.15, 0.2) is 0 Å². The molecule has 1 heterocycles.